The quantitative estimate of drug-likeness (QED) is 0.753. The maximum absolute atomic E-state index is 11.2. The van der Waals surface area contributed by atoms with Crippen LogP contribution in [0.15, 0.2) is 66.9 Å². The molecule has 2 N–H and O–H groups in total. The minimum Gasteiger partial charge on any atom is -0.389 e. The van der Waals surface area contributed by atoms with E-state index in [-0.39, 0.29) is 6.04 Å². The number of β-amino-alcohol motifs (C(OH)–C–C–N with tert-alkyl or cyclic N) is 1. The van der Waals surface area contributed by atoms with Crippen molar-refractivity contribution in [2.24, 2.45) is 0 Å². The normalized spacial score (nSPS) is 18.3. The fourth-order valence-corrected chi connectivity index (χ4v) is 3.82. The first-order valence-corrected chi connectivity index (χ1v) is 9.04. The van der Waals surface area contributed by atoms with Gasteiger partial charge < -0.3 is 15.0 Å². The van der Waals surface area contributed by atoms with Gasteiger partial charge in [0, 0.05) is 44.4 Å². The first kappa shape index (κ1) is 16.3. The Hall–Kier alpha value is -2.14. The van der Waals surface area contributed by atoms with E-state index in [1.54, 1.807) is 0 Å². The Morgan fingerprint density at radius 3 is 2.44 bits per heavy atom. The van der Waals surface area contributed by atoms with Crippen LogP contribution in [-0.4, -0.2) is 53.4 Å². The molecule has 0 bridgehead atoms. The summed E-state index contributed by atoms with van der Waals surface area (Å²) >= 11 is 0. The van der Waals surface area contributed by atoms with Crippen LogP contribution < -0.4 is 5.32 Å². The molecule has 2 heterocycles. The van der Waals surface area contributed by atoms with Gasteiger partial charge >= 0.3 is 0 Å². The average molecular weight is 335 g/mol. The fraction of sp³-hybridized carbons (Fsp3) is 0.333. The van der Waals surface area contributed by atoms with Crippen molar-refractivity contribution in [2.75, 3.05) is 32.7 Å². The number of hydrogen-bond acceptors (Lipinski definition) is 3. The van der Waals surface area contributed by atoms with E-state index in [1.807, 2.05) is 18.2 Å². The van der Waals surface area contributed by atoms with E-state index in [0.717, 1.165) is 37.3 Å². The van der Waals surface area contributed by atoms with Crippen LogP contribution in [0.4, 0.5) is 0 Å². The molecule has 4 rings (SSSR count). The van der Waals surface area contributed by atoms with Crippen LogP contribution in [0, 0.1) is 0 Å². The molecule has 3 aromatic rings. The Balaban J connectivity index is 1.69. The van der Waals surface area contributed by atoms with Crippen LogP contribution in [-0.2, 0) is 0 Å². The highest BCUT2D eigenvalue weighted by atomic mass is 16.3. The first-order valence-electron chi connectivity index (χ1n) is 9.04. The molecule has 2 atom stereocenters. The van der Waals surface area contributed by atoms with Crippen molar-refractivity contribution in [3.63, 3.8) is 0 Å². The molecule has 2 aromatic carbocycles. The number of nitrogens with zero attached hydrogens (tertiary/aromatic N) is 2. The van der Waals surface area contributed by atoms with E-state index in [2.05, 4.69) is 63.4 Å². The molecule has 4 nitrogen and oxygen atoms in total. The Bertz CT molecular complexity index is 808. The van der Waals surface area contributed by atoms with Gasteiger partial charge in [-0.3, -0.25) is 4.90 Å². The zero-order chi connectivity index (χ0) is 17.1. The van der Waals surface area contributed by atoms with Crippen LogP contribution >= 0.6 is 0 Å². The summed E-state index contributed by atoms with van der Waals surface area (Å²) < 4.78 is 2.22. The number of fused-ring (bicyclic) bond motifs is 1. The van der Waals surface area contributed by atoms with Gasteiger partial charge in [-0.2, -0.15) is 0 Å². The number of aromatic nitrogens is 1. The second-order valence-corrected chi connectivity index (χ2v) is 6.76. The second-order valence-electron chi connectivity index (χ2n) is 6.76. The summed E-state index contributed by atoms with van der Waals surface area (Å²) in [5.41, 5.74) is 2.31. The zero-order valence-corrected chi connectivity index (χ0v) is 14.4. The van der Waals surface area contributed by atoms with E-state index >= 15 is 0 Å². The SMILES string of the molecule is O[C@H](CN1CCNCC1)[C@H](c1ccccc1)n1ccc2ccccc21. The molecule has 0 radical (unpaired) electrons. The van der Waals surface area contributed by atoms with Crippen molar-refractivity contribution in [3.05, 3.63) is 72.4 Å². The highest BCUT2D eigenvalue weighted by Gasteiger charge is 2.26. The van der Waals surface area contributed by atoms with Crippen molar-refractivity contribution in [1.29, 1.82) is 0 Å². The third-order valence-corrected chi connectivity index (χ3v) is 5.09. The Morgan fingerprint density at radius 1 is 0.920 bits per heavy atom. The maximum Gasteiger partial charge on any atom is 0.0915 e. The molecule has 0 spiro atoms. The van der Waals surface area contributed by atoms with Crippen LogP contribution in [0.3, 0.4) is 0 Å². The second kappa shape index (κ2) is 7.40. The molecular formula is C21H25N3O. The summed E-state index contributed by atoms with van der Waals surface area (Å²) in [4.78, 5) is 2.35. The number of benzene rings is 2. The molecule has 0 aliphatic carbocycles. The predicted octanol–water partition coefficient (Wildman–Crippen LogP) is 2.50. The predicted molar refractivity (Wildman–Crippen MR) is 102 cm³/mol. The maximum atomic E-state index is 11.2. The molecule has 1 saturated heterocycles. The Kier molecular flexibility index (Phi) is 4.83. The zero-order valence-electron chi connectivity index (χ0n) is 14.4. The Morgan fingerprint density at radius 2 is 1.64 bits per heavy atom. The monoisotopic (exact) mass is 335 g/mol. The largest absolute Gasteiger partial charge is 0.389 e. The number of aliphatic hydroxyl groups excluding tert-OH is 1. The lowest BCUT2D eigenvalue weighted by Crippen LogP contribution is -2.47. The third kappa shape index (κ3) is 3.47. The standard InChI is InChI=1S/C21H25N3O/c25-20(16-23-14-11-22-12-15-23)21(18-7-2-1-3-8-18)24-13-10-17-6-4-5-9-19(17)24/h1-10,13,20-22,25H,11-12,14-16H2/t20-,21+/m1/s1. The topological polar surface area (TPSA) is 40.4 Å². The van der Waals surface area contributed by atoms with Gasteiger partial charge in [0.2, 0.25) is 0 Å². The van der Waals surface area contributed by atoms with Gasteiger partial charge in [-0.25, -0.2) is 0 Å². The lowest BCUT2D eigenvalue weighted by atomic mass is 10.00. The molecule has 4 heteroatoms. The molecule has 25 heavy (non-hydrogen) atoms. The van der Waals surface area contributed by atoms with E-state index in [4.69, 9.17) is 0 Å². The third-order valence-electron chi connectivity index (χ3n) is 5.09. The van der Waals surface area contributed by atoms with Gasteiger partial charge in [-0.15, -0.1) is 0 Å². The molecule has 130 valence electrons. The lowest BCUT2D eigenvalue weighted by Gasteiger charge is -2.33. The van der Waals surface area contributed by atoms with E-state index < -0.39 is 6.10 Å². The summed E-state index contributed by atoms with van der Waals surface area (Å²) in [5, 5.41) is 15.7. The molecular weight excluding hydrogens is 310 g/mol. The molecule has 0 saturated carbocycles. The van der Waals surface area contributed by atoms with Gasteiger partial charge in [0.05, 0.1) is 12.1 Å². The summed E-state index contributed by atoms with van der Waals surface area (Å²) in [7, 11) is 0. The summed E-state index contributed by atoms with van der Waals surface area (Å²) in [6.45, 7) is 4.66. The fourth-order valence-electron chi connectivity index (χ4n) is 3.82. The number of rotatable bonds is 5. The van der Waals surface area contributed by atoms with Gasteiger partial charge in [0.1, 0.15) is 0 Å². The number of para-hydroxylation sites is 1. The molecule has 1 fully saturated rings. The molecule has 1 aromatic heterocycles. The van der Waals surface area contributed by atoms with Crippen LogP contribution in [0.1, 0.15) is 11.6 Å². The Labute approximate surface area is 148 Å². The molecule has 1 aliphatic heterocycles. The van der Waals surface area contributed by atoms with Crippen molar-refractivity contribution in [3.8, 4) is 0 Å². The van der Waals surface area contributed by atoms with Crippen LogP contribution in [0.5, 0.6) is 0 Å². The van der Waals surface area contributed by atoms with Gasteiger partial charge in [-0.1, -0.05) is 48.5 Å². The minimum absolute atomic E-state index is 0.0871. The van der Waals surface area contributed by atoms with Crippen molar-refractivity contribution < 1.29 is 5.11 Å². The summed E-state index contributed by atoms with van der Waals surface area (Å²) in [5.74, 6) is 0. The molecule has 0 unspecified atom stereocenters. The smallest absolute Gasteiger partial charge is 0.0915 e. The minimum atomic E-state index is -0.462. The molecule has 1 aliphatic rings. The summed E-state index contributed by atoms with van der Waals surface area (Å²) in [6, 6.07) is 20.7. The highest BCUT2D eigenvalue weighted by Crippen LogP contribution is 2.28. The lowest BCUT2D eigenvalue weighted by molar-refractivity contribution is 0.0766. The average Bonchev–Trinajstić information content (AvgIpc) is 3.08. The van der Waals surface area contributed by atoms with Crippen LogP contribution in [0.2, 0.25) is 0 Å². The van der Waals surface area contributed by atoms with E-state index in [1.165, 1.54) is 5.39 Å². The van der Waals surface area contributed by atoms with Crippen molar-refractivity contribution in [2.45, 2.75) is 12.1 Å². The highest BCUT2D eigenvalue weighted by molar-refractivity contribution is 5.80. The first-order chi connectivity index (χ1) is 12.3. The van der Waals surface area contributed by atoms with Gasteiger partial charge in [-0.05, 0) is 23.1 Å². The van der Waals surface area contributed by atoms with E-state index in [9.17, 15) is 5.11 Å². The van der Waals surface area contributed by atoms with E-state index in [0.29, 0.717) is 6.54 Å². The van der Waals surface area contributed by atoms with Crippen molar-refractivity contribution >= 4 is 10.9 Å². The van der Waals surface area contributed by atoms with Gasteiger partial charge in [0.15, 0.2) is 0 Å². The number of aliphatic hydroxyl groups is 1. The number of piperazine rings is 1. The van der Waals surface area contributed by atoms with Gasteiger partial charge in [0.25, 0.3) is 0 Å². The number of nitrogens with one attached hydrogen (secondary N) is 1. The number of hydrogen-bond donors (Lipinski definition) is 2. The summed E-state index contributed by atoms with van der Waals surface area (Å²) in [6.07, 6.45) is 1.64. The molecule has 0 amide bonds. The van der Waals surface area contributed by atoms with Crippen molar-refractivity contribution in [1.82, 2.24) is 14.8 Å². The van der Waals surface area contributed by atoms with Crippen LogP contribution in [0.25, 0.3) is 10.9 Å².